The van der Waals surface area contributed by atoms with E-state index in [0.717, 1.165) is 25.9 Å². The van der Waals surface area contributed by atoms with Crippen molar-refractivity contribution >= 4 is 5.82 Å². The van der Waals surface area contributed by atoms with Crippen LogP contribution in [0.3, 0.4) is 0 Å². The molecular formula is C11H18N4O2. The fraction of sp³-hybridized carbons (Fsp3) is 0.727. The molecule has 6 heteroatoms. The monoisotopic (exact) mass is 238 g/mol. The maximum absolute atomic E-state index is 10.9. The third kappa shape index (κ3) is 2.82. The average molecular weight is 238 g/mol. The third-order valence-corrected chi connectivity index (χ3v) is 3.34. The normalized spacial score (nSPS) is 18.5. The van der Waals surface area contributed by atoms with Crippen LogP contribution in [0.1, 0.15) is 18.5 Å². The minimum atomic E-state index is -0.352. The molecule has 0 N–H and O–H groups in total. The Kier molecular flexibility index (Phi) is 3.42. The number of rotatable bonds is 3. The molecule has 2 heterocycles. The van der Waals surface area contributed by atoms with Gasteiger partial charge in [0.2, 0.25) is 0 Å². The molecule has 0 atom stereocenters. The fourth-order valence-corrected chi connectivity index (χ4v) is 2.30. The minimum Gasteiger partial charge on any atom is -0.358 e. The number of hydrogen-bond donors (Lipinski definition) is 0. The molecule has 0 bridgehead atoms. The second-order valence-corrected chi connectivity index (χ2v) is 4.83. The van der Waals surface area contributed by atoms with E-state index in [-0.39, 0.29) is 10.7 Å². The highest BCUT2D eigenvalue weighted by Crippen LogP contribution is 2.21. The molecule has 17 heavy (non-hydrogen) atoms. The maximum Gasteiger partial charge on any atom is 0.345 e. The first kappa shape index (κ1) is 12.0. The summed E-state index contributed by atoms with van der Waals surface area (Å²) < 4.78 is 1.55. The first-order valence-corrected chi connectivity index (χ1v) is 5.93. The molecule has 0 radical (unpaired) electrons. The van der Waals surface area contributed by atoms with E-state index in [9.17, 15) is 10.1 Å². The summed E-state index contributed by atoms with van der Waals surface area (Å²) in [4.78, 5) is 12.8. The van der Waals surface area contributed by atoms with Gasteiger partial charge >= 0.3 is 5.82 Å². The summed E-state index contributed by atoms with van der Waals surface area (Å²) in [5.74, 6) is 0.616. The zero-order chi connectivity index (χ0) is 12.4. The molecule has 0 saturated carbocycles. The summed E-state index contributed by atoms with van der Waals surface area (Å²) in [5, 5.41) is 15.1. The van der Waals surface area contributed by atoms with Gasteiger partial charge in [0.05, 0.1) is 11.8 Å². The van der Waals surface area contributed by atoms with Crippen LogP contribution in [-0.4, -0.2) is 39.7 Å². The van der Waals surface area contributed by atoms with Gasteiger partial charge in [0.1, 0.15) is 6.54 Å². The fourth-order valence-electron chi connectivity index (χ4n) is 2.30. The minimum absolute atomic E-state index is 0.112. The van der Waals surface area contributed by atoms with Gasteiger partial charge in [-0.3, -0.25) is 0 Å². The molecule has 0 aliphatic carbocycles. The van der Waals surface area contributed by atoms with Gasteiger partial charge in [-0.25, -0.2) is 0 Å². The highest BCUT2D eigenvalue weighted by Gasteiger charge is 2.23. The molecule has 1 aromatic rings. The van der Waals surface area contributed by atoms with Crippen LogP contribution in [0.2, 0.25) is 0 Å². The van der Waals surface area contributed by atoms with Crippen molar-refractivity contribution in [3.63, 3.8) is 0 Å². The van der Waals surface area contributed by atoms with E-state index in [2.05, 4.69) is 17.0 Å². The van der Waals surface area contributed by atoms with Crippen LogP contribution in [-0.2, 0) is 6.54 Å². The van der Waals surface area contributed by atoms with E-state index in [1.165, 1.54) is 6.07 Å². The van der Waals surface area contributed by atoms with Crippen molar-refractivity contribution in [2.24, 2.45) is 5.92 Å². The SMILES string of the molecule is Cc1cc([N+](=O)[O-])n(CC2CCN(C)CC2)n1. The van der Waals surface area contributed by atoms with E-state index in [1.54, 1.807) is 11.6 Å². The van der Waals surface area contributed by atoms with Gasteiger partial charge < -0.3 is 15.0 Å². The van der Waals surface area contributed by atoms with E-state index in [0.29, 0.717) is 18.2 Å². The predicted octanol–water partition coefficient (Wildman–Crippen LogP) is 1.44. The van der Waals surface area contributed by atoms with Gasteiger partial charge in [0.25, 0.3) is 0 Å². The number of nitrogens with zero attached hydrogens (tertiary/aromatic N) is 4. The average Bonchev–Trinajstić information content (AvgIpc) is 2.63. The predicted molar refractivity (Wildman–Crippen MR) is 63.8 cm³/mol. The van der Waals surface area contributed by atoms with Gasteiger partial charge in [0, 0.05) is 5.92 Å². The lowest BCUT2D eigenvalue weighted by Gasteiger charge is -2.27. The Labute approximate surface area is 100 Å². The summed E-state index contributed by atoms with van der Waals surface area (Å²) >= 11 is 0. The van der Waals surface area contributed by atoms with Crippen LogP contribution < -0.4 is 0 Å². The van der Waals surface area contributed by atoms with Crippen LogP contribution in [0.5, 0.6) is 0 Å². The quantitative estimate of drug-likeness (QED) is 0.590. The second kappa shape index (κ2) is 4.83. The standard InChI is InChI=1S/C11H18N4O2/c1-9-7-11(15(16)17)14(12-9)8-10-3-5-13(2)6-4-10/h7,10H,3-6,8H2,1-2H3. The van der Waals surface area contributed by atoms with Crippen molar-refractivity contribution in [3.05, 3.63) is 21.9 Å². The van der Waals surface area contributed by atoms with Gasteiger partial charge in [0.15, 0.2) is 0 Å². The first-order valence-electron chi connectivity index (χ1n) is 5.93. The van der Waals surface area contributed by atoms with Crippen molar-refractivity contribution in [1.29, 1.82) is 0 Å². The van der Waals surface area contributed by atoms with Crippen molar-refractivity contribution in [1.82, 2.24) is 14.7 Å². The molecule has 2 rings (SSSR count). The number of aryl methyl sites for hydroxylation is 1. The first-order chi connectivity index (χ1) is 8.06. The zero-order valence-corrected chi connectivity index (χ0v) is 10.3. The Balaban J connectivity index is 2.05. The summed E-state index contributed by atoms with van der Waals surface area (Å²) in [6, 6.07) is 1.54. The van der Waals surface area contributed by atoms with Crippen molar-refractivity contribution in [2.45, 2.75) is 26.3 Å². The van der Waals surface area contributed by atoms with E-state index < -0.39 is 0 Å². The van der Waals surface area contributed by atoms with Gasteiger partial charge in [-0.1, -0.05) is 5.10 Å². The maximum atomic E-state index is 10.9. The van der Waals surface area contributed by atoms with Gasteiger partial charge in [-0.2, -0.15) is 0 Å². The lowest BCUT2D eigenvalue weighted by atomic mass is 9.97. The Bertz CT molecular complexity index is 408. The summed E-state index contributed by atoms with van der Waals surface area (Å²) in [7, 11) is 2.11. The van der Waals surface area contributed by atoms with Crippen LogP contribution in [0, 0.1) is 23.0 Å². The van der Waals surface area contributed by atoms with Crippen molar-refractivity contribution < 1.29 is 4.92 Å². The highest BCUT2D eigenvalue weighted by atomic mass is 16.6. The number of piperidine rings is 1. The molecule has 1 fully saturated rings. The molecule has 0 unspecified atom stereocenters. The number of aromatic nitrogens is 2. The van der Waals surface area contributed by atoms with E-state index >= 15 is 0 Å². The zero-order valence-electron chi connectivity index (χ0n) is 10.3. The molecule has 1 saturated heterocycles. The molecule has 1 aliphatic rings. The molecule has 0 spiro atoms. The highest BCUT2D eigenvalue weighted by molar-refractivity contribution is 5.22. The molecular weight excluding hydrogens is 220 g/mol. The van der Waals surface area contributed by atoms with Gasteiger partial charge in [-0.15, -0.1) is 4.68 Å². The second-order valence-electron chi connectivity index (χ2n) is 4.83. The van der Waals surface area contributed by atoms with E-state index in [1.807, 2.05) is 0 Å². The lowest BCUT2D eigenvalue weighted by molar-refractivity contribution is -0.392. The molecule has 1 aromatic heterocycles. The topological polar surface area (TPSA) is 64.2 Å². The Morgan fingerprint density at radius 3 is 2.76 bits per heavy atom. The van der Waals surface area contributed by atoms with Gasteiger partial charge in [-0.05, 0) is 44.8 Å². The summed E-state index contributed by atoms with van der Waals surface area (Å²) in [5.41, 5.74) is 0.713. The number of likely N-dealkylation sites (tertiary alicyclic amines) is 1. The van der Waals surface area contributed by atoms with E-state index in [4.69, 9.17) is 0 Å². The van der Waals surface area contributed by atoms with Crippen molar-refractivity contribution in [3.8, 4) is 0 Å². The Morgan fingerprint density at radius 1 is 1.53 bits per heavy atom. The van der Waals surface area contributed by atoms with Crippen molar-refractivity contribution in [2.75, 3.05) is 20.1 Å². The van der Waals surface area contributed by atoms with Crippen LogP contribution in [0.25, 0.3) is 0 Å². The largest absolute Gasteiger partial charge is 0.358 e. The third-order valence-electron chi connectivity index (χ3n) is 3.34. The molecule has 0 amide bonds. The lowest BCUT2D eigenvalue weighted by Crippen LogP contribution is -2.32. The molecule has 1 aliphatic heterocycles. The van der Waals surface area contributed by atoms with Crippen LogP contribution in [0.15, 0.2) is 6.07 Å². The van der Waals surface area contributed by atoms with Crippen LogP contribution >= 0.6 is 0 Å². The summed E-state index contributed by atoms with van der Waals surface area (Å²) in [6.45, 7) is 4.59. The molecule has 94 valence electrons. The smallest absolute Gasteiger partial charge is 0.345 e. The van der Waals surface area contributed by atoms with Crippen LogP contribution in [0.4, 0.5) is 5.82 Å². The Morgan fingerprint density at radius 2 is 2.18 bits per heavy atom. The number of nitro groups is 1. The Hall–Kier alpha value is -1.43. The number of hydrogen-bond acceptors (Lipinski definition) is 4. The molecule has 0 aromatic carbocycles. The summed E-state index contributed by atoms with van der Waals surface area (Å²) in [6.07, 6.45) is 2.18. The molecule has 6 nitrogen and oxygen atoms in total.